The normalized spacial score (nSPS) is 11.5. The van der Waals surface area contributed by atoms with Gasteiger partial charge in [0, 0.05) is 76.2 Å². The molecule has 4 rings (SSSR count). The van der Waals surface area contributed by atoms with Gasteiger partial charge in [0.1, 0.15) is 30.8 Å². The molecule has 0 unspecified atom stereocenters. The Morgan fingerprint density at radius 1 is 0.460 bits per heavy atom. The van der Waals surface area contributed by atoms with Gasteiger partial charge in [0.2, 0.25) is 0 Å². The first-order valence-corrected chi connectivity index (χ1v) is 16.7. The third-order valence-corrected chi connectivity index (χ3v) is 9.86. The summed E-state index contributed by atoms with van der Waals surface area (Å²) in [6.45, 7) is 25.6. The number of aliphatic hydroxyl groups is 1. The van der Waals surface area contributed by atoms with Crippen LogP contribution < -0.4 is 18.9 Å². The van der Waals surface area contributed by atoms with Crippen LogP contribution in [-0.2, 0) is 76.2 Å². The number of hydrogen-bond acceptors (Lipinski definition) is 5. The van der Waals surface area contributed by atoms with Crippen LogP contribution in [0.25, 0.3) is 0 Å². The molecule has 0 aliphatic carbocycles. The van der Waals surface area contributed by atoms with Crippen molar-refractivity contribution < 1.29 is 89.5 Å². The van der Waals surface area contributed by atoms with Crippen LogP contribution in [0.2, 0.25) is 0 Å². The molecule has 0 saturated heterocycles. The van der Waals surface area contributed by atoms with Crippen LogP contribution in [0.4, 0.5) is 0 Å². The van der Waals surface area contributed by atoms with E-state index in [1.54, 1.807) is 0 Å². The van der Waals surface area contributed by atoms with Crippen molar-refractivity contribution in [3.05, 3.63) is 130 Å². The van der Waals surface area contributed by atoms with Gasteiger partial charge in [0.05, 0.1) is 11.5 Å². The second kappa shape index (κ2) is 17.8. The Morgan fingerprint density at radius 2 is 0.660 bits per heavy atom. The Morgan fingerprint density at radius 3 is 0.860 bits per heavy atom. The maximum Gasteiger partial charge on any atom is 0.125 e. The number of ether oxygens (including phenoxy) is 4. The standard InChI is InChI=1S/C43H54O5.2Y/c1-25-15-33(16-26(2)38(25)45-13)42(9,10)35-19-29(5)40(30(6)20-35)47-23-37(44)24-48-41-31(7)21-36(22-32(41)8)43(11,12)34-17-27(3)39(46-14)28(4)18-34;;/h15-22,37,44H,13-14,23-24H2,1-12H3;;/q-2;;. The van der Waals surface area contributed by atoms with Crippen molar-refractivity contribution in [3.8, 4) is 23.0 Å². The molecule has 0 heterocycles. The summed E-state index contributed by atoms with van der Waals surface area (Å²) in [6.07, 6.45) is -0.797. The van der Waals surface area contributed by atoms with E-state index < -0.39 is 6.10 Å². The molecule has 0 atom stereocenters. The molecule has 4 aromatic rings. The first-order chi connectivity index (χ1) is 22.4. The third-order valence-electron chi connectivity index (χ3n) is 9.86. The smallest absolute Gasteiger partial charge is 0.125 e. The van der Waals surface area contributed by atoms with Gasteiger partial charge in [-0.3, -0.25) is 0 Å². The van der Waals surface area contributed by atoms with Crippen LogP contribution in [0.3, 0.4) is 0 Å². The van der Waals surface area contributed by atoms with Gasteiger partial charge in [-0.1, -0.05) is 76.2 Å². The zero-order valence-corrected chi connectivity index (χ0v) is 37.9. The number of aliphatic hydroxyl groups excluding tert-OH is 1. The minimum absolute atomic E-state index is 0. The fourth-order valence-corrected chi connectivity index (χ4v) is 6.90. The van der Waals surface area contributed by atoms with Crippen molar-refractivity contribution in [2.45, 2.75) is 100 Å². The van der Waals surface area contributed by atoms with Crippen molar-refractivity contribution in [2.24, 2.45) is 0 Å². The zero-order chi connectivity index (χ0) is 35.7. The van der Waals surface area contributed by atoms with E-state index in [1.807, 2.05) is 0 Å². The van der Waals surface area contributed by atoms with Crippen LogP contribution in [0, 0.1) is 69.6 Å². The Bertz CT molecular complexity index is 1580. The Kier molecular flexibility index (Phi) is 15.9. The fraction of sp³-hybridized carbons (Fsp3) is 0.395. The molecule has 0 spiro atoms. The number of hydrogen-bond donors (Lipinski definition) is 1. The molecule has 0 aliphatic rings. The fourth-order valence-electron chi connectivity index (χ4n) is 6.90. The summed E-state index contributed by atoms with van der Waals surface area (Å²) in [5, 5.41) is 10.9. The van der Waals surface area contributed by atoms with Crippen LogP contribution in [0.1, 0.15) is 94.5 Å². The molecule has 7 heteroatoms. The maximum absolute atomic E-state index is 10.9. The van der Waals surface area contributed by atoms with Gasteiger partial charge >= 0.3 is 0 Å². The van der Waals surface area contributed by atoms with E-state index in [9.17, 15) is 5.11 Å². The summed E-state index contributed by atoms with van der Waals surface area (Å²) in [4.78, 5) is 0. The van der Waals surface area contributed by atoms with Crippen LogP contribution >= 0.6 is 0 Å². The van der Waals surface area contributed by atoms with Crippen molar-refractivity contribution >= 4 is 0 Å². The Hall–Kier alpha value is -1.75. The van der Waals surface area contributed by atoms with Crippen LogP contribution in [0.5, 0.6) is 23.0 Å². The monoisotopic (exact) mass is 828 g/mol. The van der Waals surface area contributed by atoms with E-state index in [4.69, 9.17) is 18.9 Å². The summed E-state index contributed by atoms with van der Waals surface area (Å²) in [5.41, 5.74) is 12.7. The van der Waals surface area contributed by atoms with Gasteiger partial charge in [-0.15, -0.1) is 0 Å². The molecule has 0 amide bonds. The second-order valence-corrected chi connectivity index (χ2v) is 14.6. The van der Waals surface area contributed by atoms with Crippen molar-refractivity contribution in [1.82, 2.24) is 0 Å². The minimum Gasteiger partial charge on any atom is -0.665 e. The molecular weight excluding hydrogens is 774 g/mol. The van der Waals surface area contributed by atoms with Gasteiger partial charge in [0.15, 0.2) is 0 Å². The Labute approximate surface area is 352 Å². The topological polar surface area (TPSA) is 57.2 Å². The molecule has 1 N–H and O–H groups in total. The molecule has 0 saturated carbocycles. The van der Waals surface area contributed by atoms with Crippen molar-refractivity contribution in [1.29, 1.82) is 0 Å². The summed E-state index contributed by atoms with van der Waals surface area (Å²) >= 11 is 0. The number of aryl methyl sites for hydroxylation is 8. The average molecular weight is 829 g/mol. The number of rotatable bonds is 12. The first kappa shape index (κ1) is 44.4. The molecule has 0 aliphatic heterocycles. The van der Waals surface area contributed by atoms with E-state index in [2.05, 4.69) is 146 Å². The molecule has 0 aromatic heterocycles. The Balaban J connectivity index is 0.00000433. The van der Waals surface area contributed by atoms with Gasteiger partial charge in [0.25, 0.3) is 0 Å². The zero-order valence-electron chi connectivity index (χ0n) is 32.3. The molecule has 0 bridgehead atoms. The van der Waals surface area contributed by atoms with Crippen molar-refractivity contribution in [2.75, 3.05) is 13.2 Å². The summed E-state index contributed by atoms with van der Waals surface area (Å²) in [7, 11) is 7.22. The number of benzene rings is 4. The minimum atomic E-state index is -0.797. The molecule has 264 valence electrons. The summed E-state index contributed by atoms with van der Waals surface area (Å²) in [5.74, 6) is 3.24. The quantitative estimate of drug-likeness (QED) is 0.144. The molecule has 4 aromatic carbocycles. The average Bonchev–Trinajstić information content (AvgIpc) is 2.99. The van der Waals surface area contributed by atoms with Gasteiger partial charge in [-0.2, -0.15) is 14.2 Å². The van der Waals surface area contributed by atoms with Crippen molar-refractivity contribution in [3.63, 3.8) is 0 Å². The molecule has 50 heavy (non-hydrogen) atoms. The predicted molar refractivity (Wildman–Crippen MR) is 197 cm³/mol. The van der Waals surface area contributed by atoms with Gasteiger partial charge in [-0.25, -0.2) is 0 Å². The molecule has 0 fully saturated rings. The third kappa shape index (κ3) is 9.42. The SMILES string of the molecule is [CH2-]Oc1c(C)cc(C(C)(C)c2cc(C)c(OCC(O)COc3c(C)cc(C(C)(C)c4cc(C)c(O[CH2-])c(C)c4)cc3C)c(C)c2)cc1C.[Y].[Y]. The van der Waals surface area contributed by atoms with Gasteiger partial charge in [-0.05, 0) is 122 Å². The van der Waals surface area contributed by atoms with E-state index in [0.29, 0.717) is 0 Å². The maximum atomic E-state index is 10.9. The van der Waals surface area contributed by atoms with E-state index in [0.717, 1.165) is 67.5 Å². The summed E-state index contributed by atoms with van der Waals surface area (Å²) in [6, 6.07) is 17.4. The first-order valence-electron chi connectivity index (χ1n) is 16.7. The molecular formula is C43H54O5Y2-2. The van der Waals surface area contributed by atoms with Crippen LogP contribution in [-0.4, -0.2) is 24.4 Å². The van der Waals surface area contributed by atoms with E-state index in [-0.39, 0.29) is 89.5 Å². The summed E-state index contributed by atoms with van der Waals surface area (Å²) < 4.78 is 23.1. The van der Waals surface area contributed by atoms with E-state index >= 15 is 0 Å². The molecule has 5 nitrogen and oxygen atoms in total. The predicted octanol–water partition coefficient (Wildman–Crippen LogP) is 9.96. The van der Waals surface area contributed by atoms with Crippen LogP contribution in [0.15, 0.2) is 48.5 Å². The molecule has 2 radical (unpaired) electrons. The largest absolute Gasteiger partial charge is 0.665 e. The second-order valence-electron chi connectivity index (χ2n) is 14.6. The van der Waals surface area contributed by atoms with Gasteiger partial charge < -0.3 is 24.1 Å². The van der Waals surface area contributed by atoms with E-state index in [1.165, 1.54) is 22.3 Å².